The summed E-state index contributed by atoms with van der Waals surface area (Å²) in [4.78, 5) is 0. The predicted octanol–water partition coefficient (Wildman–Crippen LogP) is 3.02. The molecule has 1 aliphatic rings. The highest BCUT2D eigenvalue weighted by atomic mass is 35.5. The minimum atomic E-state index is -4.30. The Kier molecular flexibility index (Phi) is 2.86. The lowest BCUT2D eigenvalue weighted by Crippen LogP contribution is -2.26. The van der Waals surface area contributed by atoms with Gasteiger partial charge in [0.2, 0.25) is 0 Å². The van der Waals surface area contributed by atoms with Crippen LogP contribution in [0.5, 0.6) is 0 Å². The number of aromatic nitrogens is 3. The number of hydrogen-bond donors (Lipinski definition) is 0. The van der Waals surface area contributed by atoms with Gasteiger partial charge in [-0.3, -0.25) is 0 Å². The summed E-state index contributed by atoms with van der Waals surface area (Å²) in [5.41, 5.74) is 1.03. The molecule has 0 aliphatic heterocycles. The second-order valence-corrected chi connectivity index (χ2v) is 4.26. The smallest absolute Gasteiger partial charge is 0.237 e. The SMILES string of the molecule is CC(n1nnc(CCl)c1C1CC1)C(F)(F)F. The van der Waals surface area contributed by atoms with E-state index in [-0.39, 0.29) is 11.8 Å². The lowest BCUT2D eigenvalue weighted by atomic mass is 10.2. The normalized spacial score (nSPS) is 18.8. The van der Waals surface area contributed by atoms with Crippen molar-refractivity contribution in [1.82, 2.24) is 15.0 Å². The first-order valence-corrected chi connectivity index (χ1v) is 5.55. The van der Waals surface area contributed by atoms with E-state index in [9.17, 15) is 13.2 Å². The second-order valence-electron chi connectivity index (χ2n) is 3.99. The van der Waals surface area contributed by atoms with Crippen molar-refractivity contribution in [2.45, 2.75) is 43.8 Å². The maximum Gasteiger partial charge on any atom is 0.410 e. The summed E-state index contributed by atoms with van der Waals surface area (Å²) in [5.74, 6) is 0.254. The second kappa shape index (κ2) is 3.91. The summed E-state index contributed by atoms with van der Waals surface area (Å²) in [6, 6.07) is -1.65. The van der Waals surface area contributed by atoms with Gasteiger partial charge in [0.1, 0.15) is 11.7 Å². The Morgan fingerprint density at radius 3 is 2.56 bits per heavy atom. The van der Waals surface area contributed by atoms with Gasteiger partial charge in [0.25, 0.3) is 0 Å². The van der Waals surface area contributed by atoms with E-state index in [0.717, 1.165) is 24.4 Å². The Bertz CT molecular complexity index is 384. The molecule has 0 radical (unpaired) electrons. The number of halogens is 4. The van der Waals surface area contributed by atoms with E-state index in [1.54, 1.807) is 0 Å². The molecular weight excluding hydrogens is 243 g/mol. The van der Waals surface area contributed by atoms with Crippen molar-refractivity contribution in [2.24, 2.45) is 0 Å². The highest BCUT2D eigenvalue weighted by molar-refractivity contribution is 6.16. The fourth-order valence-electron chi connectivity index (χ4n) is 1.63. The van der Waals surface area contributed by atoms with Gasteiger partial charge in [-0.15, -0.1) is 16.7 Å². The van der Waals surface area contributed by atoms with E-state index in [1.165, 1.54) is 0 Å². The topological polar surface area (TPSA) is 30.7 Å². The molecule has 0 spiro atoms. The molecule has 1 saturated carbocycles. The first-order valence-electron chi connectivity index (χ1n) is 5.01. The molecule has 0 saturated heterocycles. The Morgan fingerprint density at radius 1 is 1.50 bits per heavy atom. The molecule has 0 aromatic carbocycles. The summed E-state index contributed by atoms with van der Waals surface area (Å²) < 4.78 is 38.7. The van der Waals surface area contributed by atoms with Crippen LogP contribution in [0, 0.1) is 0 Å². The van der Waals surface area contributed by atoms with Crippen molar-refractivity contribution in [3.63, 3.8) is 0 Å². The third-order valence-corrected chi connectivity index (χ3v) is 2.99. The molecule has 1 heterocycles. The molecule has 2 rings (SSSR count). The zero-order valence-electron chi connectivity index (χ0n) is 8.63. The number of rotatable bonds is 3. The van der Waals surface area contributed by atoms with Crippen molar-refractivity contribution in [1.29, 1.82) is 0 Å². The monoisotopic (exact) mass is 253 g/mol. The number of alkyl halides is 4. The molecule has 0 bridgehead atoms. The van der Waals surface area contributed by atoms with Crippen LogP contribution >= 0.6 is 11.6 Å². The average molecular weight is 254 g/mol. The molecule has 1 aromatic rings. The van der Waals surface area contributed by atoms with E-state index in [4.69, 9.17) is 11.6 Å². The molecule has 7 heteroatoms. The third-order valence-electron chi connectivity index (χ3n) is 2.74. The largest absolute Gasteiger partial charge is 0.410 e. The van der Waals surface area contributed by atoms with Gasteiger partial charge < -0.3 is 0 Å². The molecule has 0 N–H and O–H groups in total. The van der Waals surface area contributed by atoms with Crippen molar-refractivity contribution < 1.29 is 13.2 Å². The van der Waals surface area contributed by atoms with E-state index >= 15 is 0 Å². The fourth-order valence-corrected chi connectivity index (χ4v) is 1.82. The van der Waals surface area contributed by atoms with Gasteiger partial charge in [-0.1, -0.05) is 5.21 Å². The van der Waals surface area contributed by atoms with Crippen LogP contribution in [0.3, 0.4) is 0 Å². The molecule has 16 heavy (non-hydrogen) atoms. The summed E-state index contributed by atoms with van der Waals surface area (Å²) in [6.07, 6.45) is -2.52. The minimum absolute atomic E-state index is 0.108. The molecule has 1 fully saturated rings. The van der Waals surface area contributed by atoms with Gasteiger partial charge in [-0.2, -0.15) is 13.2 Å². The standard InChI is InChI=1S/C9H11ClF3N3/c1-5(9(11,12)13)16-8(6-2-3-6)7(4-10)14-15-16/h5-6H,2-4H2,1H3. The molecule has 1 atom stereocenters. The van der Waals surface area contributed by atoms with Gasteiger partial charge in [0.15, 0.2) is 0 Å². The predicted molar refractivity (Wildman–Crippen MR) is 52.3 cm³/mol. The molecule has 1 aliphatic carbocycles. The van der Waals surface area contributed by atoms with Crippen LogP contribution in [0.15, 0.2) is 0 Å². The maximum atomic E-state index is 12.6. The van der Waals surface area contributed by atoms with Crippen molar-refractivity contribution in [3.05, 3.63) is 11.4 Å². The zero-order chi connectivity index (χ0) is 11.9. The Balaban J connectivity index is 2.37. The van der Waals surface area contributed by atoms with Crippen LogP contribution in [0.4, 0.5) is 13.2 Å². The third kappa shape index (κ3) is 2.03. The van der Waals surface area contributed by atoms with Crippen LogP contribution in [0.25, 0.3) is 0 Å². The van der Waals surface area contributed by atoms with Crippen LogP contribution in [-0.2, 0) is 5.88 Å². The molecule has 0 amide bonds. The molecular formula is C9H11ClF3N3. The van der Waals surface area contributed by atoms with Gasteiger partial charge in [0, 0.05) is 5.92 Å². The molecule has 1 unspecified atom stereocenters. The lowest BCUT2D eigenvalue weighted by Gasteiger charge is -2.17. The first-order chi connectivity index (χ1) is 7.45. The molecule has 1 aromatic heterocycles. The average Bonchev–Trinajstić information content (AvgIpc) is 2.95. The van der Waals surface area contributed by atoms with Gasteiger partial charge in [0.05, 0.1) is 11.6 Å². The highest BCUT2D eigenvalue weighted by Gasteiger charge is 2.42. The quantitative estimate of drug-likeness (QED) is 0.776. The van der Waals surface area contributed by atoms with E-state index in [0.29, 0.717) is 11.4 Å². The Hall–Kier alpha value is -0.780. The van der Waals surface area contributed by atoms with Crippen LogP contribution in [-0.4, -0.2) is 21.2 Å². The van der Waals surface area contributed by atoms with E-state index < -0.39 is 12.2 Å². The van der Waals surface area contributed by atoms with Crippen molar-refractivity contribution >= 4 is 11.6 Å². The summed E-state index contributed by atoms with van der Waals surface area (Å²) in [6.45, 7) is 1.08. The lowest BCUT2D eigenvalue weighted by molar-refractivity contribution is -0.166. The van der Waals surface area contributed by atoms with E-state index in [2.05, 4.69) is 10.3 Å². The Labute approximate surface area is 95.6 Å². The van der Waals surface area contributed by atoms with Gasteiger partial charge in [-0.25, -0.2) is 4.68 Å². The minimum Gasteiger partial charge on any atom is -0.237 e. The number of nitrogens with zero attached hydrogens (tertiary/aromatic N) is 3. The zero-order valence-corrected chi connectivity index (χ0v) is 9.39. The molecule has 3 nitrogen and oxygen atoms in total. The van der Waals surface area contributed by atoms with Crippen LogP contribution in [0.2, 0.25) is 0 Å². The van der Waals surface area contributed by atoms with Crippen molar-refractivity contribution in [3.8, 4) is 0 Å². The summed E-state index contributed by atoms with van der Waals surface area (Å²) >= 11 is 5.64. The summed E-state index contributed by atoms with van der Waals surface area (Å²) in [7, 11) is 0. The highest BCUT2D eigenvalue weighted by Crippen LogP contribution is 2.43. The van der Waals surface area contributed by atoms with E-state index in [1.807, 2.05) is 0 Å². The summed E-state index contributed by atoms with van der Waals surface area (Å²) in [5, 5.41) is 7.29. The van der Waals surface area contributed by atoms with Crippen molar-refractivity contribution in [2.75, 3.05) is 0 Å². The van der Waals surface area contributed by atoms with Crippen LogP contribution in [0.1, 0.15) is 43.1 Å². The van der Waals surface area contributed by atoms with Gasteiger partial charge in [-0.05, 0) is 19.8 Å². The fraction of sp³-hybridized carbons (Fsp3) is 0.778. The molecule has 90 valence electrons. The Morgan fingerprint density at radius 2 is 2.12 bits per heavy atom. The number of hydrogen-bond acceptors (Lipinski definition) is 2. The first kappa shape index (κ1) is 11.7. The van der Waals surface area contributed by atoms with Gasteiger partial charge >= 0.3 is 6.18 Å². The maximum absolute atomic E-state index is 12.6. The van der Waals surface area contributed by atoms with Crippen LogP contribution < -0.4 is 0 Å².